The Morgan fingerprint density at radius 2 is 0.818 bits per heavy atom. The van der Waals surface area contributed by atoms with E-state index in [1.165, 1.54) is 0 Å². The molecule has 0 spiro atoms. The Bertz CT molecular complexity index is 2420. The maximum atomic E-state index is 6.53. The summed E-state index contributed by atoms with van der Waals surface area (Å²) in [5.41, 5.74) is 8.16. The lowest BCUT2D eigenvalue weighted by atomic mass is 9.97. The van der Waals surface area contributed by atoms with Crippen molar-refractivity contribution in [2.45, 2.75) is 0 Å². The number of para-hydroxylation sites is 2. The molecule has 3 heterocycles. The molecular weight excluding hydrogens is 542 g/mol. The van der Waals surface area contributed by atoms with Gasteiger partial charge in [-0.2, -0.15) is 0 Å². The highest BCUT2D eigenvalue weighted by atomic mass is 16.3. The van der Waals surface area contributed by atoms with Crippen LogP contribution in [-0.2, 0) is 0 Å². The molecule has 5 nitrogen and oxygen atoms in total. The van der Waals surface area contributed by atoms with Gasteiger partial charge in [0.05, 0.1) is 0 Å². The number of nitrogens with zero attached hydrogens (tertiary/aromatic N) is 3. The summed E-state index contributed by atoms with van der Waals surface area (Å²) in [6, 6.07) is 46.8. The van der Waals surface area contributed by atoms with Crippen molar-refractivity contribution in [1.82, 2.24) is 15.0 Å². The number of rotatable bonds is 4. The van der Waals surface area contributed by atoms with Crippen LogP contribution in [0.4, 0.5) is 0 Å². The topological polar surface area (TPSA) is 65.0 Å². The highest BCUT2D eigenvalue weighted by molar-refractivity contribution is 6.28. The van der Waals surface area contributed by atoms with Gasteiger partial charge in [0.2, 0.25) is 0 Å². The summed E-state index contributed by atoms with van der Waals surface area (Å²) in [5, 5.41) is 4.30. The molecule has 0 unspecified atom stereocenters. The minimum Gasteiger partial charge on any atom is -0.456 e. The molecule has 206 valence electrons. The summed E-state index contributed by atoms with van der Waals surface area (Å²) in [7, 11) is 0. The number of hydrogen-bond acceptors (Lipinski definition) is 5. The van der Waals surface area contributed by atoms with Crippen molar-refractivity contribution in [1.29, 1.82) is 0 Å². The van der Waals surface area contributed by atoms with Crippen molar-refractivity contribution in [2.24, 2.45) is 0 Å². The Morgan fingerprint density at radius 3 is 1.41 bits per heavy atom. The predicted molar refractivity (Wildman–Crippen MR) is 176 cm³/mol. The van der Waals surface area contributed by atoms with Gasteiger partial charge in [0, 0.05) is 43.8 Å². The second-order valence-electron chi connectivity index (χ2n) is 10.8. The average molecular weight is 566 g/mol. The monoisotopic (exact) mass is 565 g/mol. The molecule has 0 amide bonds. The van der Waals surface area contributed by atoms with Gasteiger partial charge < -0.3 is 8.83 Å². The van der Waals surface area contributed by atoms with Crippen molar-refractivity contribution in [3.63, 3.8) is 0 Å². The smallest absolute Gasteiger partial charge is 0.164 e. The van der Waals surface area contributed by atoms with Crippen LogP contribution in [0.3, 0.4) is 0 Å². The predicted octanol–water partition coefficient (Wildman–Crippen LogP) is 10.3. The van der Waals surface area contributed by atoms with Crippen molar-refractivity contribution in [2.75, 3.05) is 0 Å². The third kappa shape index (κ3) is 3.91. The third-order valence-corrected chi connectivity index (χ3v) is 8.14. The van der Waals surface area contributed by atoms with Gasteiger partial charge in [0.1, 0.15) is 22.3 Å². The molecular formula is C39H23N3O2. The fourth-order valence-electron chi connectivity index (χ4n) is 6.05. The van der Waals surface area contributed by atoms with Gasteiger partial charge >= 0.3 is 0 Å². The van der Waals surface area contributed by atoms with Crippen LogP contribution in [0.1, 0.15) is 0 Å². The first kappa shape index (κ1) is 24.5. The summed E-state index contributed by atoms with van der Waals surface area (Å²) < 4.78 is 12.9. The van der Waals surface area contributed by atoms with E-state index in [1.54, 1.807) is 0 Å². The number of benzene rings is 6. The SMILES string of the molecule is c1ccc(-c2nc(-c3ccccc3)nc(-c3ccc(-c4cc5oc6ccccc6c5c5c4oc4ccccc45)cc3)n2)cc1. The minimum atomic E-state index is 0.617. The summed E-state index contributed by atoms with van der Waals surface area (Å²) in [5.74, 6) is 1.89. The summed E-state index contributed by atoms with van der Waals surface area (Å²) in [6.07, 6.45) is 0. The van der Waals surface area contributed by atoms with Crippen LogP contribution < -0.4 is 0 Å². The highest BCUT2D eigenvalue weighted by Gasteiger charge is 2.20. The number of aromatic nitrogens is 3. The number of hydrogen-bond donors (Lipinski definition) is 0. The van der Waals surface area contributed by atoms with Gasteiger partial charge in [0.15, 0.2) is 17.5 Å². The van der Waals surface area contributed by atoms with Gasteiger partial charge in [-0.1, -0.05) is 121 Å². The first-order chi connectivity index (χ1) is 21.8. The molecule has 0 aliphatic rings. The Balaban J connectivity index is 1.22. The van der Waals surface area contributed by atoms with Crippen LogP contribution in [0.5, 0.6) is 0 Å². The molecule has 9 rings (SSSR count). The summed E-state index contributed by atoms with van der Waals surface area (Å²) in [4.78, 5) is 14.6. The molecule has 3 aromatic heterocycles. The standard InChI is InChI=1S/C39H23N3O2/c1-3-11-25(12-4-1)37-40-38(26-13-5-2-6-14-26)42-39(41-37)27-21-19-24(20-22-27)30-23-33-34(28-15-7-9-17-31(28)43-33)35-29-16-8-10-18-32(29)44-36(30)35/h1-23H. The Kier molecular flexibility index (Phi) is 5.43. The summed E-state index contributed by atoms with van der Waals surface area (Å²) in [6.45, 7) is 0. The van der Waals surface area contributed by atoms with E-state index >= 15 is 0 Å². The molecule has 0 N–H and O–H groups in total. The van der Waals surface area contributed by atoms with Crippen LogP contribution >= 0.6 is 0 Å². The van der Waals surface area contributed by atoms with E-state index in [0.29, 0.717) is 17.5 Å². The first-order valence-corrected chi connectivity index (χ1v) is 14.5. The molecule has 6 aromatic carbocycles. The molecule has 0 atom stereocenters. The molecule has 5 heteroatoms. The molecule has 0 aliphatic heterocycles. The Labute approximate surface area is 252 Å². The minimum absolute atomic E-state index is 0.617. The average Bonchev–Trinajstić information content (AvgIpc) is 3.67. The number of furan rings is 2. The molecule has 0 saturated carbocycles. The largest absolute Gasteiger partial charge is 0.456 e. The third-order valence-electron chi connectivity index (χ3n) is 8.14. The molecule has 0 aliphatic carbocycles. The van der Waals surface area contributed by atoms with E-state index in [9.17, 15) is 0 Å². The molecule has 9 aromatic rings. The second kappa shape index (κ2) is 9.75. The van der Waals surface area contributed by atoms with Crippen molar-refractivity contribution < 1.29 is 8.83 Å². The zero-order valence-corrected chi connectivity index (χ0v) is 23.4. The lowest BCUT2D eigenvalue weighted by Gasteiger charge is -2.09. The second-order valence-corrected chi connectivity index (χ2v) is 10.8. The molecule has 0 bridgehead atoms. The van der Waals surface area contributed by atoms with E-state index in [2.05, 4.69) is 48.5 Å². The lowest BCUT2D eigenvalue weighted by molar-refractivity contribution is 0.664. The van der Waals surface area contributed by atoms with Crippen LogP contribution in [0, 0.1) is 0 Å². The van der Waals surface area contributed by atoms with E-state index in [1.807, 2.05) is 91.0 Å². The number of fused-ring (bicyclic) bond motifs is 7. The normalized spacial score (nSPS) is 11.6. The van der Waals surface area contributed by atoms with Gasteiger partial charge in [-0.05, 0) is 23.8 Å². The van der Waals surface area contributed by atoms with E-state index < -0.39 is 0 Å². The Hall–Kier alpha value is -6.07. The van der Waals surface area contributed by atoms with Crippen molar-refractivity contribution in [3.05, 3.63) is 140 Å². The van der Waals surface area contributed by atoms with Gasteiger partial charge in [0.25, 0.3) is 0 Å². The fourth-order valence-corrected chi connectivity index (χ4v) is 6.05. The summed E-state index contributed by atoms with van der Waals surface area (Å²) >= 11 is 0. The van der Waals surface area contributed by atoms with E-state index in [0.717, 1.165) is 71.7 Å². The molecule has 0 saturated heterocycles. The fraction of sp³-hybridized carbons (Fsp3) is 0. The first-order valence-electron chi connectivity index (χ1n) is 14.5. The maximum absolute atomic E-state index is 6.53. The highest BCUT2D eigenvalue weighted by Crippen LogP contribution is 2.44. The van der Waals surface area contributed by atoms with E-state index in [4.69, 9.17) is 23.8 Å². The van der Waals surface area contributed by atoms with Crippen molar-refractivity contribution in [3.8, 4) is 45.3 Å². The van der Waals surface area contributed by atoms with Crippen LogP contribution in [0.15, 0.2) is 148 Å². The lowest BCUT2D eigenvalue weighted by Crippen LogP contribution is -2.00. The van der Waals surface area contributed by atoms with Crippen molar-refractivity contribution >= 4 is 43.9 Å². The van der Waals surface area contributed by atoms with Gasteiger partial charge in [-0.3, -0.25) is 0 Å². The van der Waals surface area contributed by atoms with E-state index in [-0.39, 0.29) is 0 Å². The van der Waals surface area contributed by atoms with Crippen LogP contribution in [0.2, 0.25) is 0 Å². The molecule has 0 radical (unpaired) electrons. The van der Waals surface area contributed by atoms with Crippen LogP contribution in [0.25, 0.3) is 89.2 Å². The quantitative estimate of drug-likeness (QED) is 0.212. The Morgan fingerprint density at radius 1 is 0.364 bits per heavy atom. The van der Waals surface area contributed by atoms with Crippen LogP contribution in [-0.4, -0.2) is 15.0 Å². The zero-order valence-electron chi connectivity index (χ0n) is 23.4. The maximum Gasteiger partial charge on any atom is 0.164 e. The molecule has 44 heavy (non-hydrogen) atoms. The van der Waals surface area contributed by atoms with Gasteiger partial charge in [-0.15, -0.1) is 0 Å². The van der Waals surface area contributed by atoms with Gasteiger partial charge in [-0.25, -0.2) is 15.0 Å². The zero-order chi connectivity index (χ0) is 29.0. The molecule has 0 fully saturated rings.